The van der Waals surface area contributed by atoms with Crippen LogP contribution in [0, 0.1) is 0 Å². The quantitative estimate of drug-likeness (QED) is 0.447. The van der Waals surface area contributed by atoms with Crippen molar-refractivity contribution in [2.75, 3.05) is 6.73 Å². The van der Waals surface area contributed by atoms with E-state index in [0.29, 0.717) is 0 Å². The normalized spacial score (nSPS) is 13.1. The van der Waals surface area contributed by atoms with Gasteiger partial charge in [-0.15, -0.1) is 0 Å². The summed E-state index contributed by atoms with van der Waals surface area (Å²) in [4.78, 5) is 9.96. The zero-order chi connectivity index (χ0) is 7.28. The van der Waals surface area contributed by atoms with Gasteiger partial charge >= 0.3 is 5.97 Å². The van der Waals surface area contributed by atoms with Crippen LogP contribution in [0.1, 0.15) is 13.3 Å². The van der Waals surface area contributed by atoms with Crippen LogP contribution in [0.15, 0.2) is 0 Å². The van der Waals surface area contributed by atoms with Gasteiger partial charge in [0.05, 0.1) is 13.2 Å². The van der Waals surface area contributed by atoms with Crippen molar-refractivity contribution in [3.8, 4) is 0 Å². The fourth-order valence-electron chi connectivity index (χ4n) is 0.490. The van der Waals surface area contributed by atoms with Crippen LogP contribution in [0.5, 0.6) is 0 Å². The Hall–Kier alpha value is -0.610. The molecule has 0 radical (unpaired) electrons. The smallest absolute Gasteiger partial charge is 0.304 e. The standard InChI is InChI=1S/C5H11NO3/c1-4(6-3-7)2-5(8)9/h4,6-7H,2-3H2,1H3,(H,8,9). The van der Waals surface area contributed by atoms with Gasteiger partial charge in [0.15, 0.2) is 0 Å². The number of aliphatic hydroxyl groups excluding tert-OH is 1. The second-order valence-electron chi connectivity index (χ2n) is 1.86. The Bertz CT molecular complexity index is 94.2. The molecule has 0 rings (SSSR count). The molecule has 0 aromatic heterocycles. The summed E-state index contributed by atoms with van der Waals surface area (Å²) in [6.45, 7) is 1.53. The Morgan fingerprint density at radius 1 is 1.78 bits per heavy atom. The van der Waals surface area contributed by atoms with E-state index in [2.05, 4.69) is 5.32 Å². The monoisotopic (exact) mass is 133 g/mol. The minimum absolute atomic E-state index is 0.0422. The van der Waals surface area contributed by atoms with Gasteiger partial charge < -0.3 is 10.2 Å². The summed E-state index contributed by atoms with van der Waals surface area (Å²) in [6.07, 6.45) is 0.0422. The first-order chi connectivity index (χ1) is 4.16. The average Bonchev–Trinajstić information content (AvgIpc) is 1.63. The molecule has 0 aliphatic carbocycles. The molecule has 3 N–H and O–H groups in total. The highest BCUT2D eigenvalue weighted by atomic mass is 16.4. The highest BCUT2D eigenvalue weighted by Crippen LogP contribution is 1.87. The molecule has 1 atom stereocenters. The number of rotatable bonds is 4. The van der Waals surface area contributed by atoms with Crippen molar-refractivity contribution in [1.82, 2.24) is 5.32 Å². The minimum Gasteiger partial charge on any atom is -0.481 e. The Morgan fingerprint density at radius 3 is 2.67 bits per heavy atom. The molecule has 0 aromatic carbocycles. The van der Waals surface area contributed by atoms with Gasteiger partial charge in [0.1, 0.15) is 0 Å². The number of aliphatic carboxylic acids is 1. The van der Waals surface area contributed by atoms with Crippen LogP contribution in [0.4, 0.5) is 0 Å². The van der Waals surface area contributed by atoms with Crippen LogP contribution < -0.4 is 5.32 Å². The fourth-order valence-corrected chi connectivity index (χ4v) is 0.490. The number of nitrogens with one attached hydrogen (secondary N) is 1. The van der Waals surface area contributed by atoms with Crippen molar-refractivity contribution in [1.29, 1.82) is 0 Å². The third-order valence-electron chi connectivity index (χ3n) is 0.921. The Balaban J connectivity index is 3.26. The van der Waals surface area contributed by atoms with E-state index >= 15 is 0 Å². The highest BCUT2D eigenvalue weighted by Gasteiger charge is 2.04. The molecule has 4 heteroatoms. The Labute approximate surface area is 53.5 Å². The predicted octanol–water partition coefficient (Wildman–Crippen LogP) is -0.611. The molecule has 0 amide bonds. The maximum Gasteiger partial charge on any atom is 0.304 e. The van der Waals surface area contributed by atoms with Crippen LogP contribution in [0.25, 0.3) is 0 Å². The van der Waals surface area contributed by atoms with Crippen molar-refractivity contribution < 1.29 is 15.0 Å². The SMILES string of the molecule is CC(CC(=O)O)NCO. The molecular weight excluding hydrogens is 122 g/mol. The molecule has 0 fully saturated rings. The van der Waals surface area contributed by atoms with Gasteiger partial charge in [-0.05, 0) is 6.92 Å². The van der Waals surface area contributed by atoms with E-state index in [0.717, 1.165) is 0 Å². The average molecular weight is 133 g/mol. The van der Waals surface area contributed by atoms with E-state index in [9.17, 15) is 4.79 Å². The van der Waals surface area contributed by atoms with Crippen LogP contribution in [-0.2, 0) is 4.79 Å². The maximum atomic E-state index is 9.96. The summed E-state index contributed by atoms with van der Waals surface area (Å²) in [5, 5.41) is 19.0. The number of carboxylic acid groups (broad SMARTS) is 1. The lowest BCUT2D eigenvalue weighted by atomic mass is 10.2. The van der Waals surface area contributed by atoms with Gasteiger partial charge in [0.2, 0.25) is 0 Å². The van der Waals surface area contributed by atoms with Gasteiger partial charge in [0.25, 0.3) is 0 Å². The fraction of sp³-hybridized carbons (Fsp3) is 0.800. The first-order valence-corrected chi connectivity index (χ1v) is 2.73. The zero-order valence-corrected chi connectivity index (χ0v) is 5.29. The van der Waals surface area contributed by atoms with Gasteiger partial charge in [-0.2, -0.15) is 0 Å². The Morgan fingerprint density at radius 2 is 2.33 bits per heavy atom. The lowest BCUT2D eigenvalue weighted by molar-refractivity contribution is -0.137. The lowest BCUT2D eigenvalue weighted by Gasteiger charge is -2.06. The van der Waals surface area contributed by atoms with E-state index in [1.807, 2.05) is 0 Å². The van der Waals surface area contributed by atoms with E-state index in [4.69, 9.17) is 10.2 Å². The topological polar surface area (TPSA) is 69.6 Å². The highest BCUT2D eigenvalue weighted by molar-refractivity contribution is 5.67. The van der Waals surface area contributed by atoms with Crippen molar-refractivity contribution in [2.45, 2.75) is 19.4 Å². The molecule has 0 spiro atoms. The van der Waals surface area contributed by atoms with Crippen LogP contribution in [0.2, 0.25) is 0 Å². The first-order valence-electron chi connectivity index (χ1n) is 2.73. The van der Waals surface area contributed by atoms with Crippen molar-refractivity contribution in [3.63, 3.8) is 0 Å². The van der Waals surface area contributed by atoms with Gasteiger partial charge in [-0.3, -0.25) is 10.1 Å². The van der Waals surface area contributed by atoms with Crippen molar-refractivity contribution in [2.24, 2.45) is 0 Å². The molecule has 0 saturated heterocycles. The predicted molar refractivity (Wildman–Crippen MR) is 31.9 cm³/mol. The van der Waals surface area contributed by atoms with Crippen molar-refractivity contribution >= 4 is 5.97 Å². The number of carbonyl (C=O) groups is 1. The molecule has 1 unspecified atom stereocenters. The largest absolute Gasteiger partial charge is 0.481 e. The van der Waals surface area contributed by atoms with E-state index in [1.165, 1.54) is 0 Å². The molecule has 54 valence electrons. The molecular formula is C5H11NO3. The molecule has 4 nitrogen and oxygen atoms in total. The van der Waals surface area contributed by atoms with Crippen molar-refractivity contribution in [3.05, 3.63) is 0 Å². The van der Waals surface area contributed by atoms with Gasteiger partial charge in [-0.1, -0.05) is 0 Å². The summed E-state index contributed by atoms with van der Waals surface area (Å²) >= 11 is 0. The molecule has 0 bridgehead atoms. The molecule has 0 aliphatic heterocycles. The second-order valence-corrected chi connectivity index (χ2v) is 1.86. The van der Waals surface area contributed by atoms with Gasteiger partial charge in [-0.25, -0.2) is 0 Å². The Kier molecular flexibility index (Phi) is 4.00. The van der Waals surface area contributed by atoms with E-state index in [1.54, 1.807) is 6.92 Å². The van der Waals surface area contributed by atoms with Crippen LogP contribution >= 0.6 is 0 Å². The minimum atomic E-state index is -0.858. The van der Waals surface area contributed by atoms with Crippen LogP contribution in [0.3, 0.4) is 0 Å². The maximum absolute atomic E-state index is 9.96. The number of hydrogen-bond acceptors (Lipinski definition) is 3. The second kappa shape index (κ2) is 4.29. The molecule has 9 heavy (non-hydrogen) atoms. The molecule has 0 saturated carbocycles. The lowest BCUT2D eigenvalue weighted by Crippen LogP contribution is -2.28. The number of aliphatic hydroxyl groups is 1. The third kappa shape index (κ3) is 5.26. The summed E-state index contributed by atoms with van der Waals surface area (Å²) in [5.74, 6) is -0.858. The van der Waals surface area contributed by atoms with E-state index in [-0.39, 0.29) is 19.2 Å². The summed E-state index contributed by atoms with van der Waals surface area (Å²) in [6, 6.07) is -0.160. The third-order valence-corrected chi connectivity index (χ3v) is 0.921. The van der Waals surface area contributed by atoms with Gasteiger partial charge in [0, 0.05) is 6.04 Å². The summed E-state index contributed by atoms with van der Waals surface area (Å²) in [5.41, 5.74) is 0. The zero-order valence-electron chi connectivity index (χ0n) is 5.29. The summed E-state index contributed by atoms with van der Waals surface area (Å²) in [7, 11) is 0. The first kappa shape index (κ1) is 8.39. The summed E-state index contributed by atoms with van der Waals surface area (Å²) < 4.78 is 0. The van der Waals surface area contributed by atoms with Crippen LogP contribution in [-0.4, -0.2) is 29.0 Å². The number of hydrogen-bond donors (Lipinski definition) is 3. The molecule has 0 heterocycles. The molecule has 0 aromatic rings. The van der Waals surface area contributed by atoms with E-state index < -0.39 is 5.97 Å². The molecule has 0 aliphatic rings. The number of carboxylic acids is 1.